The van der Waals surface area contributed by atoms with Gasteiger partial charge in [0.25, 0.3) is 11.6 Å². The lowest BCUT2D eigenvalue weighted by Crippen LogP contribution is -2.41. The van der Waals surface area contributed by atoms with E-state index in [1.54, 1.807) is 19.1 Å². The molecule has 0 heterocycles. The largest absolute Gasteiger partial charge is 0.481 e. The predicted octanol–water partition coefficient (Wildman–Crippen LogP) is 3.31. The van der Waals surface area contributed by atoms with Crippen molar-refractivity contribution in [3.8, 4) is 11.8 Å². The van der Waals surface area contributed by atoms with Crippen molar-refractivity contribution in [2.45, 2.75) is 19.4 Å². The number of rotatable bonds is 7. The summed E-state index contributed by atoms with van der Waals surface area (Å²) >= 11 is 0. The van der Waals surface area contributed by atoms with E-state index in [4.69, 9.17) is 10.00 Å². The average Bonchev–Trinajstić information content (AvgIpc) is 2.63. The topological polar surface area (TPSA) is 96.5 Å². The molecule has 0 spiro atoms. The second-order valence-electron chi connectivity index (χ2n) is 5.24. The van der Waals surface area contributed by atoms with Crippen molar-refractivity contribution in [2.24, 2.45) is 0 Å². The number of nitro benzene ring substituents is 1. The fourth-order valence-corrected chi connectivity index (χ4v) is 2.26. The molecule has 0 aliphatic carbocycles. The Morgan fingerprint density at radius 2 is 1.88 bits per heavy atom. The molecule has 0 fully saturated rings. The van der Waals surface area contributed by atoms with Gasteiger partial charge in [-0.05, 0) is 31.2 Å². The minimum absolute atomic E-state index is 0.0498. The van der Waals surface area contributed by atoms with Crippen molar-refractivity contribution in [2.75, 3.05) is 11.4 Å². The van der Waals surface area contributed by atoms with E-state index >= 15 is 0 Å². The third kappa shape index (κ3) is 4.78. The zero-order valence-corrected chi connectivity index (χ0v) is 13.7. The van der Waals surface area contributed by atoms with E-state index in [0.717, 1.165) is 0 Å². The minimum Gasteiger partial charge on any atom is -0.481 e. The number of ether oxygens (including phenoxy) is 1. The maximum absolute atomic E-state index is 12.7. The van der Waals surface area contributed by atoms with Crippen LogP contribution in [0.25, 0.3) is 0 Å². The Bertz CT molecular complexity index is 769. The highest BCUT2D eigenvalue weighted by molar-refractivity contribution is 5.96. The van der Waals surface area contributed by atoms with Crippen LogP contribution in [0, 0.1) is 21.4 Å². The van der Waals surface area contributed by atoms with Crippen molar-refractivity contribution in [1.82, 2.24) is 0 Å². The van der Waals surface area contributed by atoms with Crippen molar-refractivity contribution < 1.29 is 14.5 Å². The summed E-state index contributed by atoms with van der Waals surface area (Å²) < 4.78 is 5.60. The minimum atomic E-state index is -0.805. The zero-order valence-electron chi connectivity index (χ0n) is 13.7. The molecule has 1 amide bonds. The van der Waals surface area contributed by atoms with Gasteiger partial charge in [-0.15, -0.1) is 0 Å². The van der Waals surface area contributed by atoms with Crippen LogP contribution in [0.15, 0.2) is 54.6 Å². The molecule has 0 aliphatic heterocycles. The SMILES string of the molecule is CC(Oc1ccc([N+](=O)[O-])cc1)C(=O)N(CCC#N)c1ccccc1. The van der Waals surface area contributed by atoms with Crippen LogP contribution in [-0.4, -0.2) is 23.5 Å². The van der Waals surface area contributed by atoms with Gasteiger partial charge in [0.2, 0.25) is 0 Å². The first-order valence-electron chi connectivity index (χ1n) is 7.67. The molecular formula is C18H17N3O4. The van der Waals surface area contributed by atoms with Gasteiger partial charge >= 0.3 is 0 Å². The highest BCUT2D eigenvalue weighted by Gasteiger charge is 2.23. The van der Waals surface area contributed by atoms with Crippen LogP contribution >= 0.6 is 0 Å². The van der Waals surface area contributed by atoms with Gasteiger partial charge in [-0.2, -0.15) is 5.26 Å². The Labute approximate surface area is 145 Å². The molecule has 0 aliphatic rings. The summed E-state index contributed by atoms with van der Waals surface area (Å²) in [7, 11) is 0. The Morgan fingerprint density at radius 1 is 1.24 bits per heavy atom. The van der Waals surface area contributed by atoms with E-state index in [2.05, 4.69) is 0 Å². The highest BCUT2D eigenvalue weighted by atomic mass is 16.6. The number of nitriles is 1. The van der Waals surface area contributed by atoms with Gasteiger partial charge in [-0.25, -0.2) is 0 Å². The van der Waals surface area contributed by atoms with Crippen molar-refractivity contribution in [3.05, 3.63) is 64.7 Å². The smallest absolute Gasteiger partial charge is 0.269 e. The molecule has 2 aromatic rings. The first-order chi connectivity index (χ1) is 12.0. The summed E-state index contributed by atoms with van der Waals surface area (Å²) in [5, 5.41) is 19.5. The second-order valence-corrected chi connectivity index (χ2v) is 5.24. The number of hydrogen-bond donors (Lipinski definition) is 0. The van der Waals surface area contributed by atoms with Gasteiger partial charge in [0.05, 0.1) is 17.4 Å². The Morgan fingerprint density at radius 3 is 2.44 bits per heavy atom. The van der Waals surface area contributed by atoms with E-state index in [9.17, 15) is 14.9 Å². The number of carbonyl (C=O) groups is 1. The molecule has 2 rings (SSSR count). The van der Waals surface area contributed by atoms with Crippen LogP contribution in [0.4, 0.5) is 11.4 Å². The number of hydrogen-bond acceptors (Lipinski definition) is 5. The molecule has 1 unspecified atom stereocenters. The maximum Gasteiger partial charge on any atom is 0.269 e. The summed E-state index contributed by atoms with van der Waals surface area (Å²) in [6.07, 6.45) is -0.606. The summed E-state index contributed by atoms with van der Waals surface area (Å²) in [6.45, 7) is 1.86. The Kier molecular flexibility index (Phi) is 6.07. The molecule has 0 N–H and O–H groups in total. The first kappa shape index (κ1) is 17.9. The number of nitro groups is 1. The van der Waals surface area contributed by atoms with Gasteiger partial charge in [0.15, 0.2) is 6.10 Å². The number of anilines is 1. The molecule has 25 heavy (non-hydrogen) atoms. The van der Waals surface area contributed by atoms with Crippen molar-refractivity contribution in [1.29, 1.82) is 5.26 Å². The number of carbonyl (C=O) groups excluding carboxylic acids is 1. The fourth-order valence-electron chi connectivity index (χ4n) is 2.26. The Balaban J connectivity index is 2.12. The van der Waals surface area contributed by atoms with Crippen LogP contribution in [0.1, 0.15) is 13.3 Å². The normalized spacial score (nSPS) is 11.2. The lowest BCUT2D eigenvalue weighted by molar-refractivity contribution is -0.384. The molecule has 128 valence electrons. The predicted molar refractivity (Wildman–Crippen MR) is 92.2 cm³/mol. The van der Waals surface area contributed by atoms with Gasteiger partial charge < -0.3 is 9.64 Å². The lowest BCUT2D eigenvalue weighted by atomic mass is 10.2. The molecule has 0 saturated heterocycles. The molecule has 0 radical (unpaired) electrons. The number of amides is 1. The summed E-state index contributed by atoms with van der Waals surface area (Å²) in [5.74, 6) is 0.0690. The summed E-state index contributed by atoms with van der Waals surface area (Å²) in [6, 6.07) is 16.6. The highest BCUT2D eigenvalue weighted by Crippen LogP contribution is 2.20. The quantitative estimate of drug-likeness (QED) is 0.569. The van der Waals surface area contributed by atoms with Crippen LogP contribution in [0.5, 0.6) is 5.75 Å². The van der Waals surface area contributed by atoms with Gasteiger partial charge in [0, 0.05) is 24.4 Å². The molecule has 1 atom stereocenters. The van der Waals surface area contributed by atoms with E-state index in [0.29, 0.717) is 11.4 Å². The zero-order chi connectivity index (χ0) is 18.2. The van der Waals surface area contributed by atoms with Crippen LogP contribution in [0.3, 0.4) is 0 Å². The van der Waals surface area contributed by atoms with Crippen LogP contribution in [-0.2, 0) is 4.79 Å². The van der Waals surface area contributed by atoms with Crippen molar-refractivity contribution >= 4 is 17.3 Å². The first-order valence-corrected chi connectivity index (χ1v) is 7.67. The van der Waals surface area contributed by atoms with E-state index in [1.165, 1.54) is 29.2 Å². The summed E-state index contributed by atoms with van der Waals surface area (Å²) in [4.78, 5) is 24.4. The third-order valence-electron chi connectivity index (χ3n) is 3.49. The van der Waals surface area contributed by atoms with E-state index < -0.39 is 11.0 Å². The van der Waals surface area contributed by atoms with E-state index in [1.807, 2.05) is 24.3 Å². The third-order valence-corrected chi connectivity index (χ3v) is 3.49. The maximum atomic E-state index is 12.7. The monoisotopic (exact) mass is 339 g/mol. The fraction of sp³-hybridized carbons (Fsp3) is 0.222. The molecule has 0 bridgehead atoms. The van der Waals surface area contributed by atoms with Gasteiger partial charge in [0.1, 0.15) is 5.75 Å². The lowest BCUT2D eigenvalue weighted by Gasteiger charge is -2.25. The average molecular weight is 339 g/mol. The molecule has 0 saturated carbocycles. The molecular weight excluding hydrogens is 322 g/mol. The van der Waals surface area contributed by atoms with Crippen molar-refractivity contribution in [3.63, 3.8) is 0 Å². The second kappa shape index (κ2) is 8.45. The van der Waals surface area contributed by atoms with Gasteiger partial charge in [-0.3, -0.25) is 14.9 Å². The van der Waals surface area contributed by atoms with Crippen LogP contribution in [0.2, 0.25) is 0 Å². The van der Waals surface area contributed by atoms with Crippen LogP contribution < -0.4 is 9.64 Å². The number of para-hydroxylation sites is 1. The Hall–Kier alpha value is -3.40. The number of nitrogens with zero attached hydrogens (tertiary/aromatic N) is 3. The number of benzene rings is 2. The number of non-ortho nitro benzene ring substituents is 1. The van der Waals surface area contributed by atoms with E-state index in [-0.39, 0.29) is 24.6 Å². The van der Waals surface area contributed by atoms with Gasteiger partial charge in [-0.1, -0.05) is 18.2 Å². The standard InChI is InChI=1S/C18H17N3O4/c1-14(25-17-10-8-16(9-11-17)21(23)24)18(22)20(13-5-12-19)15-6-3-2-4-7-15/h2-4,6-11,14H,5,13H2,1H3. The molecule has 2 aromatic carbocycles. The molecule has 7 heteroatoms. The molecule has 0 aromatic heterocycles. The molecule has 7 nitrogen and oxygen atoms in total. The summed E-state index contributed by atoms with van der Waals surface area (Å²) in [5.41, 5.74) is 0.633.